The van der Waals surface area contributed by atoms with Gasteiger partial charge in [0.2, 0.25) is 23.6 Å². The Morgan fingerprint density at radius 3 is 1.76 bits per heavy atom. The smallest absolute Gasteiger partial charge is 0.238 e. The van der Waals surface area contributed by atoms with Crippen LogP contribution in [0.5, 0.6) is 0 Å². The molecule has 0 bridgehead atoms. The fourth-order valence-corrected chi connectivity index (χ4v) is 8.85. The van der Waals surface area contributed by atoms with Crippen LogP contribution in [0.15, 0.2) is 97.3 Å². The third-order valence-corrected chi connectivity index (χ3v) is 11.8. The number of rotatable bonds is 9. The Bertz CT molecular complexity index is 2420. The van der Waals surface area contributed by atoms with E-state index in [0.717, 1.165) is 51.9 Å². The average Bonchev–Trinajstić information content (AvgIpc) is 3.98. The molecule has 6 N–H and O–H groups in total. The zero-order valence-electron chi connectivity index (χ0n) is 34.0. The summed E-state index contributed by atoms with van der Waals surface area (Å²) < 4.78 is 5.47. The molecule has 4 aliphatic rings. The summed E-state index contributed by atoms with van der Waals surface area (Å²) in [4.78, 5) is 58.1. The molecule has 3 atom stereocenters. The number of methoxy groups -OCH3 is 1. The van der Waals surface area contributed by atoms with Crippen molar-refractivity contribution in [2.75, 3.05) is 34.9 Å². The Kier molecular flexibility index (Phi) is 12.0. The number of hydrogen-bond acceptors (Lipinski definition) is 8. The highest BCUT2D eigenvalue weighted by Gasteiger charge is 2.52. The molecule has 2 aromatic heterocycles. The lowest BCUT2D eigenvalue weighted by atomic mass is 9.79. The molecule has 0 saturated carbocycles. The van der Waals surface area contributed by atoms with Crippen LogP contribution in [0.2, 0.25) is 0 Å². The Hall–Kier alpha value is -6.24. The maximum atomic E-state index is 12.9. The fraction of sp³-hybridized carbons (Fsp3) is 0.319. The highest BCUT2D eigenvalue weighted by Crippen LogP contribution is 2.48. The van der Waals surface area contributed by atoms with Crippen LogP contribution in [-0.2, 0) is 66.8 Å². The van der Waals surface area contributed by atoms with Crippen molar-refractivity contribution in [1.29, 1.82) is 0 Å². The molecule has 2 spiro atoms. The van der Waals surface area contributed by atoms with Gasteiger partial charge in [-0.3, -0.25) is 19.2 Å². The first-order valence-corrected chi connectivity index (χ1v) is 20.3. The number of carbonyl (C=O) groups is 4. The summed E-state index contributed by atoms with van der Waals surface area (Å²) in [6, 6.07) is 27.6. The van der Waals surface area contributed by atoms with Gasteiger partial charge in [-0.1, -0.05) is 62.4 Å². The predicted molar refractivity (Wildman–Crippen MR) is 229 cm³/mol. The molecule has 4 amide bonds. The molecular formula is C47H51N7O5. The average molecular weight is 794 g/mol. The van der Waals surface area contributed by atoms with Crippen LogP contribution in [0, 0.1) is 0 Å². The topological polar surface area (TPSA) is 177 Å². The van der Waals surface area contributed by atoms with Crippen LogP contribution >= 0.6 is 0 Å². The Balaban J connectivity index is 0.000000184. The second-order valence-corrected chi connectivity index (χ2v) is 15.3. The van der Waals surface area contributed by atoms with E-state index in [0.29, 0.717) is 49.4 Å². The van der Waals surface area contributed by atoms with Crippen molar-refractivity contribution in [3.8, 4) is 0 Å². The molecule has 0 radical (unpaired) electrons. The molecular weight excluding hydrogens is 743 g/mol. The predicted octanol–water partition coefficient (Wildman–Crippen LogP) is 6.73. The van der Waals surface area contributed by atoms with Gasteiger partial charge in [0.15, 0.2) is 0 Å². The van der Waals surface area contributed by atoms with Crippen LogP contribution in [0.25, 0.3) is 0 Å². The van der Waals surface area contributed by atoms with Crippen LogP contribution in [-0.4, -0.2) is 47.3 Å². The lowest BCUT2D eigenvalue weighted by molar-refractivity contribution is -0.121. The largest absolute Gasteiger partial charge is 0.377 e. The molecule has 3 unspecified atom stereocenters. The molecule has 4 heterocycles. The molecule has 3 aromatic carbocycles. The number of nitrogens with one attached hydrogen (secondary N) is 4. The number of benzene rings is 3. The van der Waals surface area contributed by atoms with E-state index in [1.54, 1.807) is 19.5 Å². The summed E-state index contributed by atoms with van der Waals surface area (Å²) >= 11 is 0. The van der Waals surface area contributed by atoms with Gasteiger partial charge in [-0.05, 0) is 115 Å². The third-order valence-electron chi connectivity index (χ3n) is 11.8. The minimum Gasteiger partial charge on any atom is -0.377 e. The van der Waals surface area contributed by atoms with Gasteiger partial charge in [0.1, 0.15) is 11.6 Å². The molecule has 0 saturated heterocycles. The van der Waals surface area contributed by atoms with Crippen LogP contribution < -0.4 is 27.0 Å². The second-order valence-electron chi connectivity index (χ2n) is 15.3. The van der Waals surface area contributed by atoms with E-state index in [1.165, 1.54) is 11.1 Å². The molecule has 2 aliphatic carbocycles. The highest BCUT2D eigenvalue weighted by atomic mass is 16.5. The van der Waals surface area contributed by atoms with Gasteiger partial charge in [0.25, 0.3) is 0 Å². The fourth-order valence-electron chi connectivity index (χ4n) is 8.85. The maximum Gasteiger partial charge on any atom is 0.238 e. The molecule has 12 nitrogen and oxygen atoms in total. The van der Waals surface area contributed by atoms with E-state index in [2.05, 4.69) is 43.4 Å². The van der Waals surface area contributed by atoms with Crippen molar-refractivity contribution in [3.05, 3.63) is 142 Å². The van der Waals surface area contributed by atoms with Crippen molar-refractivity contribution >= 4 is 46.6 Å². The quantitative estimate of drug-likeness (QED) is 0.109. The number of carbonyl (C=O) groups excluding carboxylic acids is 4. The van der Waals surface area contributed by atoms with Gasteiger partial charge < -0.3 is 31.7 Å². The third kappa shape index (κ3) is 7.98. The SMILES string of the molecule is CC.COC(C)c1ccccc1CCCC(=O)Nc1ccc2c(c1)CC1(C2)C(=O)Nc2ncccc21.NCC(=O)Nc1ccc2c(c1)CC1(C2)C(=O)Nc2ncccc21. The summed E-state index contributed by atoms with van der Waals surface area (Å²) in [5.74, 6) is 1.09. The number of anilines is 4. The van der Waals surface area contributed by atoms with E-state index >= 15 is 0 Å². The summed E-state index contributed by atoms with van der Waals surface area (Å²) in [7, 11) is 1.71. The lowest BCUT2D eigenvalue weighted by Crippen LogP contribution is -2.35. The first kappa shape index (κ1) is 40.9. The van der Waals surface area contributed by atoms with Gasteiger partial charge in [-0.2, -0.15) is 0 Å². The summed E-state index contributed by atoms with van der Waals surface area (Å²) in [6.07, 6.45) is 7.97. The Morgan fingerprint density at radius 2 is 1.24 bits per heavy atom. The van der Waals surface area contributed by atoms with Crippen LogP contribution in [0.4, 0.5) is 23.0 Å². The van der Waals surface area contributed by atoms with E-state index in [4.69, 9.17) is 10.5 Å². The van der Waals surface area contributed by atoms with Gasteiger partial charge in [-0.25, -0.2) is 9.97 Å². The minimum absolute atomic E-state index is 0.00177. The van der Waals surface area contributed by atoms with Crippen molar-refractivity contribution in [2.45, 2.75) is 82.7 Å². The first-order chi connectivity index (χ1) is 28.6. The number of aryl methyl sites for hydroxylation is 1. The van der Waals surface area contributed by atoms with E-state index < -0.39 is 10.8 Å². The maximum absolute atomic E-state index is 12.9. The molecule has 9 rings (SSSR count). The number of fused-ring (bicyclic) bond motifs is 6. The normalized spacial score (nSPS) is 19.2. The Labute approximate surface area is 344 Å². The first-order valence-electron chi connectivity index (χ1n) is 20.3. The van der Waals surface area contributed by atoms with Crippen molar-refractivity contribution in [3.63, 3.8) is 0 Å². The van der Waals surface area contributed by atoms with Crippen LogP contribution in [0.3, 0.4) is 0 Å². The number of aromatic nitrogens is 2. The summed E-state index contributed by atoms with van der Waals surface area (Å²) in [6.45, 7) is 5.98. The lowest BCUT2D eigenvalue weighted by Gasteiger charge is -2.20. The molecule has 5 aromatic rings. The van der Waals surface area contributed by atoms with Crippen molar-refractivity contribution < 1.29 is 23.9 Å². The molecule has 59 heavy (non-hydrogen) atoms. The van der Waals surface area contributed by atoms with Gasteiger partial charge >= 0.3 is 0 Å². The van der Waals surface area contributed by atoms with Gasteiger partial charge in [-0.15, -0.1) is 0 Å². The van der Waals surface area contributed by atoms with Gasteiger partial charge in [0.05, 0.1) is 23.5 Å². The molecule has 12 heteroatoms. The zero-order valence-corrected chi connectivity index (χ0v) is 34.0. The summed E-state index contributed by atoms with van der Waals surface area (Å²) in [5.41, 5.74) is 14.4. The number of nitrogens with zero attached hydrogens (tertiary/aromatic N) is 2. The zero-order chi connectivity index (χ0) is 41.7. The molecule has 2 aliphatic heterocycles. The van der Waals surface area contributed by atoms with E-state index in [1.807, 2.05) is 93.6 Å². The molecule has 0 fully saturated rings. The number of pyridine rings is 2. The van der Waals surface area contributed by atoms with Crippen molar-refractivity contribution in [2.24, 2.45) is 5.73 Å². The van der Waals surface area contributed by atoms with E-state index in [9.17, 15) is 19.2 Å². The number of nitrogens with two attached hydrogens (primary N) is 1. The number of amides is 4. The highest BCUT2D eigenvalue weighted by molar-refractivity contribution is 6.07. The second kappa shape index (κ2) is 17.3. The van der Waals surface area contributed by atoms with E-state index in [-0.39, 0.29) is 36.3 Å². The molecule has 304 valence electrons. The minimum atomic E-state index is -0.596. The Morgan fingerprint density at radius 1 is 0.729 bits per heavy atom. The van der Waals surface area contributed by atoms with Gasteiger partial charge in [0, 0.05) is 48.4 Å². The van der Waals surface area contributed by atoms with Crippen LogP contribution in [0.1, 0.15) is 84.2 Å². The monoisotopic (exact) mass is 793 g/mol. The standard InChI is InChI=1S/C28H29N3O3.C17H16N4O2.C2H6/c1-18(34-2)23-9-4-3-7-19(23)8-5-11-25(32)30-22-13-12-20-16-28(17-21(20)15-22)24-10-6-14-29-26(24)31-27(28)33;18-9-14(22)20-12-4-3-10-7-17(8-11(10)6-12)13-2-1-5-19-15(13)21-16(17)23;1-2/h3-4,6-7,9-10,12-15,18H,5,8,11,16-17H2,1-2H3,(H,30,32)(H,29,31,33);1-6H,7-9,18H2,(H,20,22)(H,19,21,23);1-2H3. The number of hydrogen-bond donors (Lipinski definition) is 5. The summed E-state index contributed by atoms with van der Waals surface area (Å²) in [5, 5.41) is 11.6. The van der Waals surface area contributed by atoms with Crippen molar-refractivity contribution in [1.82, 2.24) is 9.97 Å². The number of ether oxygens (including phenoxy) is 1.